The molecule has 7 heteroatoms. The molecule has 0 amide bonds. The predicted octanol–water partition coefficient (Wildman–Crippen LogP) is 4.95. The van der Waals surface area contributed by atoms with Crippen molar-refractivity contribution in [3.05, 3.63) is 65.2 Å². The fourth-order valence-electron chi connectivity index (χ4n) is 4.40. The number of rotatable bonds is 10. The van der Waals surface area contributed by atoms with Crippen LogP contribution in [0.3, 0.4) is 0 Å². The molecule has 1 aliphatic carbocycles. The molecule has 1 fully saturated rings. The van der Waals surface area contributed by atoms with E-state index in [1.54, 1.807) is 6.20 Å². The van der Waals surface area contributed by atoms with E-state index in [1.165, 1.54) is 24.8 Å². The van der Waals surface area contributed by atoms with Crippen LogP contribution in [-0.4, -0.2) is 26.7 Å². The van der Waals surface area contributed by atoms with Crippen molar-refractivity contribution in [1.82, 2.24) is 9.55 Å². The van der Waals surface area contributed by atoms with Gasteiger partial charge >= 0.3 is 5.97 Å². The molecule has 3 rings (SSSR count). The van der Waals surface area contributed by atoms with Crippen molar-refractivity contribution in [1.29, 1.82) is 0 Å². The smallest absolute Gasteiger partial charge is 0.334 e. The lowest BCUT2D eigenvalue weighted by Crippen LogP contribution is -2.27. The lowest BCUT2D eigenvalue weighted by Gasteiger charge is -2.31. The van der Waals surface area contributed by atoms with Gasteiger partial charge < -0.3 is 9.67 Å². The van der Waals surface area contributed by atoms with E-state index in [4.69, 9.17) is 17.5 Å². The second kappa shape index (κ2) is 11.3. The molecular weight excluding hydrogens is 402 g/mol. The summed E-state index contributed by atoms with van der Waals surface area (Å²) in [6, 6.07) is 8.07. The van der Waals surface area contributed by atoms with Crippen LogP contribution in [0.15, 0.2) is 54.6 Å². The van der Waals surface area contributed by atoms with Crippen molar-refractivity contribution in [2.24, 2.45) is 11.8 Å². The summed E-state index contributed by atoms with van der Waals surface area (Å²) in [5.41, 5.74) is 2.51. The maximum absolute atomic E-state index is 11.3. The van der Waals surface area contributed by atoms with Gasteiger partial charge in [0.2, 0.25) is 0 Å². The summed E-state index contributed by atoms with van der Waals surface area (Å²) in [6.45, 7) is 0. The van der Waals surface area contributed by atoms with Crippen molar-refractivity contribution in [2.75, 3.05) is 0 Å². The van der Waals surface area contributed by atoms with E-state index in [-0.39, 0.29) is 6.04 Å². The van der Waals surface area contributed by atoms with Crippen LogP contribution >= 0.6 is 11.6 Å². The SMILES string of the molecule is NOC(CC/C=C(\C1CCCCC1)C(Cc1cccc(Cl)c1)n1ccnc1)C(=O)O. The molecule has 1 aromatic heterocycles. The van der Waals surface area contributed by atoms with Crippen molar-refractivity contribution in [3.8, 4) is 0 Å². The first kappa shape index (κ1) is 22.5. The summed E-state index contributed by atoms with van der Waals surface area (Å²) in [4.78, 5) is 20.1. The normalized spacial score (nSPS) is 17.6. The number of benzene rings is 1. The molecule has 1 heterocycles. The Kier molecular flexibility index (Phi) is 8.49. The van der Waals surface area contributed by atoms with Gasteiger partial charge in [-0.1, -0.05) is 49.1 Å². The second-order valence-electron chi connectivity index (χ2n) is 7.94. The zero-order chi connectivity index (χ0) is 21.3. The average Bonchev–Trinajstić information content (AvgIpc) is 3.28. The lowest BCUT2D eigenvalue weighted by atomic mass is 9.79. The minimum absolute atomic E-state index is 0.108. The fourth-order valence-corrected chi connectivity index (χ4v) is 4.61. The number of imidazole rings is 1. The topological polar surface area (TPSA) is 90.4 Å². The standard InChI is InChI=1S/C23H30ClN3O3/c24-19-9-4-6-17(14-19)15-21(27-13-12-26-16-27)20(18-7-2-1-3-8-18)10-5-11-22(30-25)23(28)29/h4,6,9-10,12-14,16,18,21-22H,1-3,5,7-8,11,15,25H2,(H,28,29)/b20-10+. The predicted molar refractivity (Wildman–Crippen MR) is 117 cm³/mol. The molecule has 30 heavy (non-hydrogen) atoms. The number of nitrogens with zero attached hydrogens (tertiary/aromatic N) is 2. The Morgan fingerprint density at radius 2 is 2.17 bits per heavy atom. The average molecular weight is 432 g/mol. The molecule has 0 spiro atoms. The molecule has 0 radical (unpaired) electrons. The molecule has 162 valence electrons. The summed E-state index contributed by atoms with van der Waals surface area (Å²) in [5, 5.41) is 9.94. The van der Waals surface area contributed by atoms with Gasteiger partial charge in [0.15, 0.2) is 6.10 Å². The number of carboxylic acid groups (broad SMARTS) is 1. The van der Waals surface area contributed by atoms with E-state index in [2.05, 4.69) is 26.5 Å². The highest BCUT2D eigenvalue weighted by Crippen LogP contribution is 2.37. The number of halogens is 1. The Morgan fingerprint density at radius 3 is 2.80 bits per heavy atom. The zero-order valence-corrected chi connectivity index (χ0v) is 17.9. The highest BCUT2D eigenvalue weighted by molar-refractivity contribution is 6.30. The maximum Gasteiger partial charge on any atom is 0.334 e. The third kappa shape index (κ3) is 6.17. The first-order valence-electron chi connectivity index (χ1n) is 10.6. The van der Waals surface area contributed by atoms with Crippen molar-refractivity contribution < 1.29 is 14.7 Å². The third-order valence-electron chi connectivity index (χ3n) is 5.91. The van der Waals surface area contributed by atoms with Gasteiger partial charge in [-0.25, -0.2) is 15.7 Å². The third-order valence-corrected chi connectivity index (χ3v) is 6.15. The zero-order valence-electron chi connectivity index (χ0n) is 17.1. The minimum Gasteiger partial charge on any atom is -0.479 e. The molecule has 6 nitrogen and oxygen atoms in total. The summed E-state index contributed by atoms with van der Waals surface area (Å²) >= 11 is 6.23. The molecule has 1 aliphatic rings. The summed E-state index contributed by atoms with van der Waals surface area (Å²) in [5.74, 6) is 4.61. The van der Waals surface area contributed by atoms with Crippen LogP contribution in [0.1, 0.15) is 56.6 Å². The van der Waals surface area contributed by atoms with E-state index in [9.17, 15) is 9.90 Å². The molecule has 2 unspecified atom stereocenters. The monoisotopic (exact) mass is 431 g/mol. The Labute approximate surface area is 182 Å². The van der Waals surface area contributed by atoms with Gasteiger partial charge in [-0.15, -0.1) is 0 Å². The van der Waals surface area contributed by atoms with E-state index in [0.717, 1.165) is 29.8 Å². The van der Waals surface area contributed by atoms with Crippen LogP contribution in [0, 0.1) is 5.92 Å². The number of aromatic nitrogens is 2. The van der Waals surface area contributed by atoms with Gasteiger partial charge in [-0.3, -0.25) is 4.84 Å². The largest absolute Gasteiger partial charge is 0.479 e. The molecule has 0 saturated heterocycles. The van der Waals surface area contributed by atoms with Crippen molar-refractivity contribution in [3.63, 3.8) is 0 Å². The van der Waals surface area contributed by atoms with E-state index in [1.807, 2.05) is 30.7 Å². The molecule has 1 saturated carbocycles. The summed E-state index contributed by atoms with van der Waals surface area (Å²) in [6.07, 6.45) is 14.6. The van der Waals surface area contributed by atoms with E-state index < -0.39 is 12.1 Å². The summed E-state index contributed by atoms with van der Waals surface area (Å²) < 4.78 is 2.15. The highest BCUT2D eigenvalue weighted by atomic mass is 35.5. The van der Waals surface area contributed by atoms with Gasteiger partial charge in [0.05, 0.1) is 12.4 Å². The molecule has 3 N–H and O–H groups in total. The molecule has 0 bridgehead atoms. The number of hydrogen-bond acceptors (Lipinski definition) is 4. The van der Waals surface area contributed by atoms with Gasteiger partial charge in [-0.2, -0.15) is 0 Å². The number of allylic oxidation sites excluding steroid dienone is 2. The van der Waals surface area contributed by atoms with E-state index in [0.29, 0.717) is 18.8 Å². The first-order valence-corrected chi connectivity index (χ1v) is 11.0. The van der Waals surface area contributed by atoms with Gasteiger partial charge in [0.25, 0.3) is 0 Å². The van der Waals surface area contributed by atoms with Crippen LogP contribution in [0.25, 0.3) is 0 Å². The Bertz CT molecular complexity index is 832. The van der Waals surface area contributed by atoms with Gasteiger partial charge in [0, 0.05) is 17.4 Å². The molecular formula is C23H30ClN3O3. The van der Waals surface area contributed by atoms with Crippen LogP contribution < -0.4 is 5.90 Å². The van der Waals surface area contributed by atoms with Crippen LogP contribution in [0.2, 0.25) is 5.02 Å². The maximum atomic E-state index is 11.3. The van der Waals surface area contributed by atoms with Crippen LogP contribution in [0.4, 0.5) is 0 Å². The number of hydrogen-bond donors (Lipinski definition) is 2. The van der Waals surface area contributed by atoms with Gasteiger partial charge in [-0.05, 0) is 61.3 Å². The molecule has 1 aromatic carbocycles. The van der Waals surface area contributed by atoms with Crippen molar-refractivity contribution >= 4 is 17.6 Å². The Morgan fingerprint density at radius 1 is 1.37 bits per heavy atom. The fraction of sp³-hybridized carbons (Fsp3) is 0.478. The second-order valence-corrected chi connectivity index (χ2v) is 8.38. The minimum atomic E-state index is -1.03. The number of carbonyl (C=O) groups is 1. The highest BCUT2D eigenvalue weighted by Gasteiger charge is 2.26. The van der Waals surface area contributed by atoms with Crippen molar-refractivity contribution in [2.45, 2.75) is 63.5 Å². The van der Waals surface area contributed by atoms with Gasteiger partial charge in [0.1, 0.15) is 0 Å². The Hall–Kier alpha value is -2.15. The number of nitrogens with two attached hydrogens (primary N) is 1. The number of aliphatic carboxylic acids is 1. The summed E-state index contributed by atoms with van der Waals surface area (Å²) in [7, 11) is 0. The molecule has 2 aromatic rings. The lowest BCUT2D eigenvalue weighted by molar-refractivity contribution is -0.151. The molecule has 2 atom stereocenters. The van der Waals surface area contributed by atoms with Crippen LogP contribution in [-0.2, 0) is 16.1 Å². The molecule has 0 aliphatic heterocycles. The number of carboxylic acids is 1. The van der Waals surface area contributed by atoms with Crippen LogP contribution in [0.5, 0.6) is 0 Å². The quantitative estimate of drug-likeness (QED) is 0.410. The first-order chi connectivity index (χ1) is 14.6. The Balaban J connectivity index is 1.89. The van der Waals surface area contributed by atoms with E-state index >= 15 is 0 Å².